The van der Waals surface area contributed by atoms with Crippen LogP contribution in [-0.2, 0) is 9.59 Å². The van der Waals surface area contributed by atoms with Gasteiger partial charge >= 0.3 is 0 Å². The number of anilines is 2. The van der Waals surface area contributed by atoms with Gasteiger partial charge in [-0.2, -0.15) is 5.10 Å². The van der Waals surface area contributed by atoms with Gasteiger partial charge in [0.15, 0.2) is 11.6 Å². The third kappa shape index (κ3) is 3.47. The number of hydrogen-bond acceptors (Lipinski definition) is 4. The Hall–Kier alpha value is -3.29. The quantitative estimate of drug-likeness (QED) is 0.889. The predicted molar refractivity (Wildman–Crippen MR) is 88.9 cm³/mol. The van der Waals surface area contributed by atoms with Gasteiger partial charge in [-0.25, -0.2) is 8.78 Å². The number of halogens is 2. The van der Waals surface area contributed by atoms with Gasteiger partial charge in [-0.05, 0) is 24.3 Å². The Morgan fingerprint density at radius 1 is 1.12 bits per heavy atom. The van der Waals surface area contributed by atoms with Crippen molar-refractivity contribution in [2.75, 3.05) is 10.3 Å². The van der Waals surface area contributed by atoms with E-state index in [0.717, 1.165) is 12.1 Å². The lowest BCUT2D eigenvalue weighted by atomic mass is 10.1. The molecule has 0 fully saturated rings. The molecule has 0 saturated heterocycles. The van der Waals surface area contributed by atoms with E-state index in [1.165, 1.54) is 11.1 Å². The lowest BCUT2D eigenvalue weighted by molar-refractivity contribution is -0.119. The van der Waals surface area contributed by atoms with Crippen LogP contribution in [0.2, 0.25) is 0 Å². The number of carbonyl (C=O) groups is 2. The molecule has 1 heterocycles. The zero-order chi connectivity index (χ0) is 18.0. The number of carbonyl (C=O) groups excluding carboxylic acids is 2. The molecule has 0 bridgehead atoms. The first kappa shape index (κ1) is 16.6. The summed E-state index contributed by atoms with van der Waals surface area (Å²) in [5.74, 6) is -3.33. The number of primary amides is 1. The molecule has 128 valence electrons. The van der Waals surface area contributed by atoms with Crippen LogP contribution in [0.1, 0.15) is 6.42 Å². The number of nitrogens with two attached hydrogens (primary N) is 1. The Kier molecular flexibility index (Phi) is 4.42. The Balaban J connectivity index is 1.82. The summed E-state index contributed by atoms with van der Waals surface area (Å²) in [4.78, 5) is 24.0. The maximum absolute atomic E-state index is 13.2. The monoisotopic (exact) mass is 344 g/mol. The highest BCUT2D eigenvalue weighted by Crippen LogP contribution is 2.25. The Morgan fingerprint density at radius 3 is 2.48 bits per heavy atom. The Morgan fingerprint density at radius 2 is 1.84 bits per heavy atom. The standard InChI is InChI=1S/C17H14F2N4O2/c18-12-7-6-10(8-13(12)19)21-17(25)14-9-15(16(20)24)23(22-14)11-4-2-1-3-5-11/h1-8,15H,9H2,(H2,20,24)(H,21,25)/t15-/m1/s1. The van der Waals surface area contributed by atoms with Crippen LogP contribution < -0.4 is 16.1 Å². The summed E-state index contributed by atoms with van der Waals surface area (Å²) in [5.41, 5.74) is 6.16. The first-order valence-electron chi connectivity index (χ1n) is 7.43. The van der Waals surface area contributed by atoms with Crippen molar-refractivity contribution in [2.45, 2.75) is 12.5 Å². The van der Waals surface area contributed by atoms with Gasteiger partial charge in [0.05, 0.1) is 5.69 Å². The highest BCUT2D eigenvalue weighted by molar-refractivity contribution is 6.44. The van der Waals surface area contributed by atoms with Crippen LogP contribution in [0.5, 0.6) is 0 Å². The highest BCUT2D eigenvalue weighted by Gasteiger charge is 2.34. The maximum Gasteiger partial charge on any atom is 0.271 e. The van der Waals surface area contributed by atoms with Gasteiger partial charge in [-0.15, -0.1) is 0 Å². The molecule has 2 amide bonds. The van der Waals surface area contributed by atoms with Gasteiger partial charge in [0.1, 0.15) is 11.8 Å². The minimum Gasteiger partial charge on any atom is -0.368 e. The number of hydrazone groups is 1. The van der Waals surface area contributed by atoms with E-state index < -0.39 is 29.5 Å². The number of nitrogens with zero attached hydrogens (tertiary/aromatic N) is 2. The van der Waals surface area contributed by atoms with Crippen molar-refractivity contribution in [3.8, 4) is 0 Å². The Labute approximate surface area is 141 Å². The molecular weight excluding hydrogens is 330 g/mol. The second-order valence-corrected chi connectivity index (χ2v) is 5.43. The van der Waals surface area contributed by atoms with Gasteiger partial charge in [0, 0.05) is 18.2 Å². The molecule has 0 spiro atoms. The molecule has 1 aliphatic heterocycles. The molecule has 2 aromatic carbocycles. The van der Waals surface area contributed by atoms with E-state index in [0.29, 0.717) is 5.69 Å². The largest absolute Gasteiger partial charge is 0.368 e. The smallest absolute Gasteiger partial charge is 0.271 e. The molecule has 0 unspecified atom stereocenters. The fourth-order valence-electron chi connectivity index (χ4n) is 2.46. The number of rotatable bonds is 4. The van der Waals surface area contributed by atoms with Gasteiger partial charge in [0.25, 0.3) is 5.91 Å². The van der Waals surface area contributed by atoms with Crippen molar-refractivity contribution in [1.82, 2.24) is 0 Å². The lowest BCUT2D eigenvalue weighted by Crippen LogP contribution is -2.39. The van der Waals surface area contributed by atoms with Gasteiger partial charge in [0.2, 0.25) is 5.91 Å². The van der Waals surface area contributed by atoms with E-state index in [4.69, 9.17) is 5.73 Å². The van der Waals surface area contributed by atoms with Crippen molar-refractivity contribution in [3.05, 3.63) is 60.2 Å². The number of amides is 2. The van der Waals surface area contributed by atoms with E-state index in [2.05, 4.69) is 10.4 Å². The number of benzene rings is 2. The first-order chi connectivity index (χ1) is 12.0. The summed E-state index contributed by atoms with van der Waals surface area (Å²) in [7, 11) is 0. The van der Waals surface area contributed by atoms with E-state index >= 15 is 0 Å². The highest BCUT2D eigenvalue weighted by atomic mass is 19.2. The molecule has 3 rings (SSSR count). The van der Waals surface area contributed by atoms with Crippen molar-refractivity contribution >= 4 is 28.9 Å². The minimum atomic E-state index is -1.08. The molecule has 3 N–H and O–H groups in total. The van der Waals surface area contributed by atoms with Gasteiger partial charge in [-0.3, -0.25) is 14.6 Å². The summed E-state index contributed by atoms with van der Waals surface area (Å²) >= 11 is 0. The van der Waals surface area contributed by atoms with Crippen molar-refractivity contribution in [2.24, 2.45) is 10.8 Å². The summed E-state index contributed by atoms with van der Waals surface area (Å²) in [6, 6.07) is 11.0. The third-order valence-electron chi connectivity index (χ3n) is 3.70. The minimum absolute atomic E-state index is 0.0136. The molecule has 1 atom stereocenters. The second-order valence-electron chi connectivity index (χ2n) is 5.43. The second kappa shape index (κ2) is 6.68. The van der Waals surface area contributed by atoms with E-state index in [-0.39, 0.29) is 17.8 Å². The van der Waals surface area contributed by atoms with Crippen molar-refractivity contribution in [1.29, 1.82) is 0 Å². The molecule has 8 heteroatoms. The molecule has 25 heavy (non-hydrogen) atoms. The average molecular weight is 344 g/mol. The number of para-hydroxylation sites is 1. The molecule has 0 aliphatic carbocycles. The van der Waals surface area contributed by atoms with E-state index in [1.54, 1.807) is 30.3 Å². The van der Waals surface area contributed by atoms with Crippen molar-refractivity contribution < 1.29 is 18.4 Å². The summed E-state index contributed by atoms with van der Waals surface area (Å²) in [6.45, 7) is 0. The van der Waals surface area contributed by atoms with E-state index in [9.17, 15) is 18.4 Å². The van der Waals surface area contributed by atoms with Gasteiger partial charge < -0.3 is 11.1 Å². The lowest BCUT2D eigenvalue weighted by Gasteiger charge is -2.20. The SMILES string of the molecule is NC(=O)[C@H]1CC(C(=O)Nc2ccc(F)c(F)c2)=NN1c1ccccc1. The predicted octanol–water partition coefficient (Wildman–Crippen LogP) is 2.02. The number of hydrogen-bond donors (Lipinski definition) is 2. The molecule has 1 aliphatic rings. The fraction of sp³-hybridized carbons (Fsp3) is 0.118. The number of nitrogens with one attached hydrogen (secondary N) is 1. The third-order valence-corrected chi connectivity index (χ3v) is 3.70. The summed E-state index contributed by atoms with van der Waals surface area (Å²) in [6.07, 6.45) is 0.0136. The summed E-state index contributed by atoms with van der Waals surface area (Å²) < 4.78 is 26.2. The zero-order valence-electron chi connectivity index (χ0n) is 12.9. The van der Waals surface area contributed by atoms with Crippen LogP contribution >= 0.6 is 0 Å². The van der Waals surface area contributed by atoms with Crippen LogP contribution in [0.15, 0.2) is 53.6 Å². The first-order valence-corrected chi connectivity index (χ1v) is 7.43. The zero-order valence-corrected chi connectivity index (χ0v) is 12.9. The van der Waals surface area contributed by atoms with E-state index in [1.807, 2.05) is 0 Å². The molecular formula is C17H14F2N4O2. The molecule has 0 radical (unpaired) electrons. The maximum atomic E-state index is 13.2. The van der Waals surface area contributed by atoms with Crippen LogP contribution in [0.3, 0.4) is 0 Å². The van der Waals surface area contributed by atoms with Crippen LogP contribution in [0, 0.1) is 11.6 Å². The topological polar surface area (TPSA) is 87.8 Å². The van der Waals surface area contributed by atoms with Crippen LogP contribution in [-0.4, -0.2) is 23.6 Å². The average Bonchev–Trinajstić information content (AvgIpc) is 3.05. The van der Waals surface area contributed by atoms with Crippen LogP contribution in [0.25, 0.3) is 0 Å². The van der Waals surface area contributed by atoms with Crippen LogP contribution in [0.4, 0.5) is 20.2 Å². The Bertz CT molecular complexity index is 855. The molecule has 0 aromatic heterocycles. The normalized spacial score (nSPS) is 16.5. The molecule has 0 saturated carbocycles. The fourth-order valence-corrected chi connectivity index (χ4v) is 2.46. The summed E-state index contributed by atoms with van der Waals surface area (Å²) in [5, 5.41) is 7.97. The molecule has 6 nitrogen and oxygen atoms in total. The van der Waals surface area contributed by atoms with Gasteiger partial charge in [-0.1, -0.05) is 18.2 Å². The molecule has 2 aromatic rings. The van der Waals surface area contributed by atoms with Crippen molar-refractivity contribution in [3.63, 3.8) is 0 Å².